The summed E-state index contributed by atoms with van der Waals surface area (Å²) in [4.78, 5) is 15.8. The molecule has 2 saturated heterocycles. The van der Waals surface area contributed by atoms with Crippen LogP contribution in [0.25, 0.3) is 0 Å². The summed E-state index contributed by atoms with van der Waals surface area (Å²) < 4.78 is 33.3. The van der Waals surface area contributed by atoms with Crippen LogP contribution in [0, 0.1) is 5.41 Å². The molecule has 3 fully saturated rings. The van der Waals surface area contributed by atoms with E-state index in [1.54, 1.807) is 31.4 Å². The summed E-state index contributed by atoms with van der Waals surface area (Å²) in [6.07, 6.45) is 8.56. The monoisotopic (exact) mass is 482 g/mol. The molecule has 2 aromatic carbocycles. The molecule has 0 N–H and O–H groups in total. The van der Waals surface area contributed by atoms with Gasteiger partial charge < -0.3 is 9.64 Å². The van der Waals surface area contributed by atoms with Crippen molar-refractivity contribution in [2.24, 2.45) is 5.41 Å². The van der Waals surface area contributed by atoms with E-state index in [9.17, 15) is 13.2 Å². The first kappa shape index (κ1) is 23.4. The van der Waals surface area contributed by atoms with Gasteiger partial charge in [0.25, 0.3) is 0 Å². The van der Waals surface area contributed by atoms with Gasteiger partial charge in [-0.05, 0) is 80.0 Å². The lowest BCUT2D eigenvalue weighted by Gasteiger charge is -2.38. The summed E-state index contributed by atoms with van der Waals surface area (Å²) in [7, 11) is -2.11. The average molecular weight is 483 g/mol. The number of methoxy groups -OCH3 is 1. The normalized spacial score (nSPS) is 24.6. The quantitative estimate of drug-likeness (QED) is 0.605. The Hall–Kier alpha value is -2.38. The molecular formula is C27H34N2O4S. The van der Waals surface area contributed by atoms with E-state index < -0.39 is 15.4 Å². The second-order valence-electron chi connectivity index (χ2n) is 10.0. The second kappa shape index (κ2) is 9.34. The number of ether oxygens (including phenoxy) is 1. The maximum atomic E-state index is 13.6. The highest BCUT2D eigenvalue weighted by Gasteiger charge is 2.51. The van der Waals surface area contributed by atoms with Gasteiger partial charge in [-0.3, -0.25) is 4.79 Å². The first-order chi connectivity index (χ1) is 16.4. The van der Waals surface area contributed by atoms with Crippen LogP contribution < -0.4 is 9.64 Å². The highest BCUT2D eigenvalue weighted by Crippen LogP contribution is 2.43. The lowest BCUT2D eigenvalue weighted by atomic mass is 9.79. The van der Waals surface area contributed by atoms with Gasteiger partial charge in [-0.25, -0.2) is 8.42 Å². The number of amides is 1. The van der Waals surface area contributed by atoms with Crippen LogP contribution in [0.2, 0.25) is 0 Å². The fourth-order valence-corrected chi connectivity index (χ4v) is 7.56. The molecule has 2 aromatic rings. The number of carbonyl (C=O) groups is 1. The van der Waals surface area contributed by atoms with Crippen LogP contribution in [0.5, 0.6) is 5.75 Å². The molecule has 1 unspecified atom stereocenters. The molecule has 34 heavy (non-hydrogen) atoms. The Labute approximate surface area is 203 Å². The number of carbonyl (C=O) groups excluding carboxylic acids is 1. The molecule has 182 valence electrons. The van der Waals surface area contributed by atoms with Crippen molar-refractivity contribution in [3.05, 3.63) is 54.1 Å². The maximum absolute atomic E-state index is 13.6. The lowest BCUT2D eigenvalue weighted by Crippen LogP contribution is -2.49. The van der Waals surface area contributed by atoms with Crippen LogP contribution in [-0.2, 0) is 14.8 Å². The van der Waals surface area contributed by atoms with E-state index in [4.69, 9.17) is 4.74 Å². The fourth-order valence-electron chi connectivity index (χ4n) is 6.00. The lowest BCUT2D eigenvalue weighted by molar-refractivity contribution is -0.127. The van der Waals surface area contributed by atoms with Gasteiger partial charge >= 0.3 is 0 Å². The molecule has 6 nitrogen and oxygen atoms in total. The molecule has 2 aliphatic heterocycles. The molecule has 0 bridgehead atoms. The third kappa shape index (κ3) is 4.24. The molecule has 0 radical (unpaired) electrons. The fraction of sp³-hybridized carbons (Fsp3) is 0.519. The first-order valence-corrected chi connectivity index (χ1v) is 13.9. The highest BCUT2D eigenvalue weighted by atomic mass is 32.2. The van der Waals surface area contributed by atoms with Gasteiger partial charge in [0.05, 0.1) is 17.4 Å². The first-order valence-electron chi connectivity index (χ1n) is 12.5. The van der Waals surface area contributed by atoms with E-state index in [2.05, 4.69) is 24.3 Å². The van der Waals surface area contributed by atoms with E-state index in [-0.39, 0.29) is 17.3 Å². The smallest absolute Gasteiger partial charge is 0.243 e. The summed E-state index contributed by atoms with van der Waals surface area (Å²) in [5, 5.41) is 0. The van der Waals surface area contributed by atoms with Crippen LogP contribution in [0.4, 0.5) is 5.69 Å². The highest BCUT2D eigenvalue weighted by molar-refractivity contribution is 7.89. The molecule has 1 amide bonds. The van der Waals surface area contributed by atoms with Crippen molar-refractivity contribution in [2.45, 2.75) is 62.2 Å². The third-order valence-corrected chi connectivity index (χ3v) is 9.89. The molecule has 1 atom stereocenters. The van der Waals surface area contributed by atoms with Crippen molar-refractivity contribution in [3.63, 3.8) is 0 Å². The van der Waals surface area contributed by atoms with Crippen LogP contribution in [-0.4, -0.2) is 45.4 Å². The SMILES string of the molecule is COc1ccc(S(=O)(=O)N2CCCC3(CCN(c4ccc(C5CCCCC5)cc4)C3=O)C2)cc1. The minimum atomic E-state index is -3.67. The Bertz CT molecular complexity index is 1120. The summed E-state index contributed by atoms with van der Waals surface area (Å²) in [6.45, 7) is 1.33. The van der Waals surface area contributed by atoms with Crippen LogP contribution in [0.15, 0.2) is 53.4 Å². The Morgan fingerprint density at radius 2 is 1.59 bits per heavy atom. The van der Waals surface area contributed by atoms with Crippen molar-refractivity contribution in [3.8, 4) is 5.75 Å². The van der Waals surface area contributed by atoms with Crippen molar-refractivity contribution in [2.75, 3.05) is 31.6 Å². The number of benzene rings is 2. The van der Waals surface area contributed by atoms with Gasteiger partial charge in [-0.2, -0.15) is 4.31 Å². The summed E-state index contributed by atoms with van der Waals surface area (Å²) in [5.74, 6) is 1.32. The second-order valence-corrected chi connectivity index (χ2v) is 12.0. The Balaban J connectivity index is 1.32. The predicted octanol–water partition coefficient (Wildman–Crippen LogP) is 4.95. The molecular weight excluding hydrogens is 448 g/mol. The van der Waals surface area contributed by atoms with Crippen molar-refractivity contribution >= 4 is 21.6 Å². The Kier molecular flexibility index (Phi) is 6.42. The van der Waals surface area contributed by atoms with Gasteiger partial charge in [0.1, 0.15) is 5.75 Å². The number of hydrogen-bond acceptors (Lipinski definition) is 4. The largest absolute Gasteiger partial charge is 0.497 e. The molecule has 1 saturated carbocycles. The molecule has 3 aliphatic rings. The van der Waals surface area contributed by atoms with Gasteiger partial charge in [0, 0.05) is 25.3 Å². The van der Waals surface area contributed by atoms with Crippen LogP contribution in [0.3, 0.4) is 0 Å². The van der Waals surface area contributed by atoms with E-state index in [1.807, 2.05) is 4.90 Å². The topological polar surface area (TPSA) is 66.9 Å². The molecule has 0 aromatic heterocycles. The maximum Gasteiger partial charge on any atom is 0.243 e. The van der Waals surface area contributed by atoms with Gasteiger partial charge in [0.15, 0.2) is 0 Å². The van der Waals surface area contributed by atoms with Crippen LogP contribution in [0.1, 0.15) is 62.8 Å². The van der Waals surface area contributed by atoms with Crippen LogP contribution >= 0.6 is 0 Å². The van der Waals surface area contributed by atoms with Crippen molar-refractivity contribution in [1.29, 1.82) is 0 Å². The van der Waals surface area contributed by atoms with E-state index in [0.717, 1.165) is 12.1 Å². The average Bonchev–Trinajstić information content (AvgIpc) is 3.19. The minimum absolute atomic E-state index is 0.0625. The molecule has 5 rings (SSSR count). The van der Waals surface area contributed by atoms with E-state index in [1.165, 1.54) is 42.0 Å². The Morgan fingerprint density at radius 3 is 2.26 bits per heavy atom. The summed E-state index contributed by atoms with van der Waals surface area (Å²) >= 11 is 0. The van der Waals surface area contributed by atoms with E-state index in [0.29, 0.717) is 37.6 Å². The number of hydrogen-bond donors (Lipinski definition) is 0. The summed E-state index contributed by atoms with van der Waals surface area (Å²) in [5.41, 5.74) is 1.66. The summed E-state index contributed by atoms with van der Waals surface area (Å²) in [6, 6.07) is 15.0. The van der Waals surface area contributed by atoms with Gasteiger partial charge in [-0.1, -0.05) is 31.4 Å². The molecule has 1 spiro atoms. The molecule has 2 heterocycles. The number of rotatable bonds is 5. The predicted molar refractivity (Wildman–Crippen MR) is 133 cm³/mol. The standard InChI is InChI=1S/C27H34N2O4S/c1-33-24-12-14-25(15-13-24)34(31,32)28-18-5-16-27(20-28)17-19-29(26(27)30)23-10-8-22(9-11-23)21-6-3-2-4-7-21/h8-15,21H,2-7,16-20H2,1H3. The van der Waals surface area contributed by atoms with Crippen molar-refractivity contribution in [1.82, 2.24) is 4.31 Å². The Morgan fingerprint density at radius 1 is 0.882 bits per heavy atom. The molecule has 7 heteroatoms. The van der Waals surface area contributed by atoms with Crippen molar-refractivity contribution < 1.29 is 17.9 Å². The number of nitrogens with zero attached hydrogens (tertiary/aromatic N) is 2. The zero-order valence-electron chi connectivity index (χ0n) is 19.9. The molecule has 1 aliphatic carbocycles. The van der Waals surface area contributed by atoms with E-state index >= 15 is 0 Å². The van der Waals surface area contributed by atoms with Gasteiger partial charge in [0.2, 0.25) is 15.9 Å². The zero-order valence-corrected chi connectivity index (χ0v) is 20.7. The number of piperidine rings is 1. The zero-order chi connectivity index (χ0) is 23.8. The number of sulfonamides is 1. The van der Waals surface area contributed by atoms with Gasteiger partial charge in [-0.15, -0.1) is 0 Å². The number of anilines is 1. The third-order valence-electron chi connectivity index (χ3n) is 8.03. The minimum Gasteiger partial charge on any atom is -0.497 e.